The van der Waals surface area contributed by atoms with Crippen LogP contribution < -0.4 is 0 Å². The van der Waals surface area contributed by atoms with Crippen LogP contribution in [0.15, 0.2) is 54.9 Å². The minimum atomic E-state index is -1.03. The number of fused-ring (bicyclic) bond motifs is 1. The van der Waals surface area contributed by atoms with E-state index in [1.54, 1.807) is 23.9 Å². The van der Waals surface area contributed by atoms with Gasteiger partial charge in [0.15, 0.2) is 17.5 Å². The first kappa shape index (κ1) is 15.7. The Morgan fingerprint density at radius 2 is 2.04 bits per heavy atom. The zero-order valence-electron chi connectivity index (χ0n) is 13.9. The van der Waals surface area contributed by atoms with Gasteiger partial charge in [-0.05, 0) is 31.2 Å². The highest BCUT2D eigenvalue weighted by Crippen LogP contribution is 2.23. The molecule has 1 N–H and O–H groups in total. The van der Waals surface area contributed by atoms with Gasteiger partial charge < -0.3 is 4.98 Å². The highest BCUT2D eigenvalue weighted by atomic mass is 16.1. The molecular formula is C19H14N6O. The summed E-state index contributed by atoms with van der Waals surface area (Å²) in [5.41, 5.74) is 2.51. The number of ketones is 1. The van der Waals surface area contributed by atoms with Gasteiger partial charge in [-0.15, -0.1) is 0 Å². The molecule has 4 rings (SSSR count). The molecule has 1 aromatic carbocycles. The number of benzene rings is 1. The molecule has 0 saturated carbocycles. The average Bonchev–Trinajstić information content (AvgIpc) is 3.26. The number of H-pyrrole nitrogens is 1. The highest BCUT2D eigenvalue weighted by Gasteiger charge is 2.28. The SMILES string of the molecule is Cc1c(C(=O)[C@@H](C#N)c2nc3ccccc3[nH]2)cnn1-c1ccccn1. The Labute approximate surface area is 148 Å². The minimum Gasteiger partial charge on any atom is -0.340 e. The number of aromatic nitrogens is 5. The third-order valence-corrected chi connectivity index (χ3v) is 4.21. The summed E-state index contributed by atoms with van der Waals surface area (Å²) in [6.45, 7) is 1.78. The van der Waals surface area contributed by atoms with Gasteiger partial charge in [-0.25, -0.2) is 14.6 Å². The van der Waals surface area contributed by atoms with E-state index in [4.69, 9.17) is 0 Å². The number of imidazole rings is 1. The quantitative estimate of drug-likeness (QED) is 0.575. The summed E-state index contributed by atoms with van der Waals surface area (Å²) in [6.07, 6.45) is 3.13. The van der Waals surface area contributed by atoms with Gasteiger partial charge in [0, 0.05) is 6.20 Å². The number of hydrogen-bond donors (Lipinski definition) is 1. The van der Waals surface area contributed by atoms with Crippen molar-refractivity contribution >= 4 is 16.8 Å². The molecule has 4 aromatic rings. The van der Waals surface area contributed by atoms with Gasteiger partial charge in [0.2, 0.25) is 0 Å². The molecule has 0 aliphatic heterocycles. The summed E-state index contributed by atoms with van der Waals surface area (Å²) in [4.78, 5) is 24.7. The van der Waals surface area contributed by atoms with Crippen LogP contribution in [0.5, 0.6) is 0 Å². The van der Waals surface area contributed by atoms with Crippen LogP contribution in [-0.4, -0.2) is 30.5 Å². The predicted molar refractivity (Wildman–Crippen MR) is 94.9 cm³/mol. The molecule has 1 atom stereocenters. The van der Waals surface area contributed by atoms with Gasteiger partial charge >= 0.3 is 0 Å². The van der Waals surface area contributed by atoms with Gasteiger partial charge in [-0.3, -0.25) is 4.79 Å². The van der Waals surface area contributed by atoms with Crippen molar-refractivity contribution < 1.29 is 4.79 Å². The Morgan fingerprint density at radius 1 is 1.23 bits per heavy atom. The maximum atomic E-state index is 13.0. The number of carbonyl (C=O) groups is 1. The fraction of sp³-hybridized carbons (Fsp3) is 0.105. The lowest BCUT2D eigenvalue weighted by molar-refractivity contribution is 0.0976. The van der Waals surface area contributed by atoms with Gasteiger partial charge in [-0.1, -0.05) is 18.2 Å². The summed E-state index contributed by atoms with van der Waals surface area (Å²) in [5.74, 6) is -0.418. The molecule has 0 aliphatic rings. The van der Waals surface area contributed by atoms with Crippen LogP contribution in [-0.2, 0) is 0 Å². The third-order valence-electron chi connectivity index (χ3n) is 4.21. The first-order chi connectivity index (χ1) is 12.7. The number of nitriles is 1. The van der Waals surface area contributed by atoms with Crippen molar-refractivity contribution in [2.45, 2.75) is 12.8 Å². The van der Waals surface area contributed by atoms with Crippen LogP contribution in [0.25, 0.3) is 16.9 Å². The summed E-state index contributed by atoms with van der Waals surface area (Å²) in [6, 6.07) is 14.9. The second-order valence-electron chi connectivity index (χ2n) is 5.81. The van der Waals surface area contributed by atoms with Crippen molar-refractivity contribution in [1.29, 1.82) is 5.26 Å². The number of hydrogen-bond acceptors (Lipinski definition) is 5. The molecule has 0 unspecified atom stereocenters. The standard InChI is InChI=1S/C19H14N6O/c1-12-14(11-22-25(12)17-8-4-5-9-21-17)18(26)13(10-20)19-23-15-6-2-3-7-16(15)24-19/h2-9,11,13H,1H3,(H,23,24)/t13-/m1/s1. The van der Waals surface area contributed by atoms with E-state index >= 15 is 0 Å². The molecule has 0 saturated heterocycles. The van der Waals surface area contributed by atoms with Gasteiger partial charge in [0.25, 0.3) is 0 Å². The Balaban J connectivity index is 1.72. The smallest absolute Gasteiger partial charge is 0.191 e. The van der Waals surface area contributed by atoms with Crippen molar-refractivity contribution in [1.82, 2.24) is 24.7 Å². The molecule has 0 aliphatic carbocycles. The molecule has 0 fully saturated rings. The van der Waals surface area contributed by atoms with Crippen LogP contribution in [0.4, 0.5) is 0 Å². The van der Waals surface area contributed by atoms with Crippen LogP contribution in [0.3, 0.4) is 0 Å². The number of carbonyl (C=O) groups excluding carboxylic acids is 1. The lowest BCUT2D eigenvalue weighted by atomic mass is 9.99. The number of nitrogens with one attached hydrogen (secondary N) is 1. The fourth-order valence-corrected chi connectivity index (χ4v) is 2.87. The molecule has 3 aromatic heterocycles. The van der Waals surface area contributed by atoms with Crippen LogP contribution in [0, 0.1) is 18.3 Å². The van der Waals surface area contributed by atoms with E-state index in [0.717, 1.165) is 11.0 Å². The zero-order valence-corrected chi connectivity index (χ0v) is 13.9. The number of aromatic amines is 1. The zero-order chi connectivity index (χ0) is 18.1. The summed E-state index contributed by atoms with van der Waals surface area (Å²) in [5, 5.41) is 13.8. The fourth-order valence-electron chi connectivity index (χ4n) is 2.87. The molecule has 26 heavy (non-hydrogen) atoms. The normalized spacial score (nSPS) is 12.0. The topological polar surface area (TPSA) is 100 Å². The maximum absolute atomic E-state index is 13.0. The van der Waals surface area contributed by atoms with Crippen molar-refractivity contribution in [3.8, 4) is 11.9 Å². The van der Waals surface area contributed by atoms with E-state index in [0.29, 0.717) is 22.9 Å². The molecule has 126 valence electrons. The molecular weight excluding hydrogens is 328 g/mol. The molecule has 3 heterocycles. The summed E-state index contributed by atoms with van der Waals surface area (Å²) in [7, 11) is 0. The van der Waals surface area contributed by atoms with Crippen molar-refractivity contribution in [3.05, 3.63) is 71.9 Å². The predicted octanol–water partition coefficient (Wildman–Crippen LogP) is 2.94. The lowest BCUT2D eigenvalue weighted by Gasteiger charge is -2.06. The van der Waals surface area contributed by atoms with E-state index in [9.17, 15) is 10.1 Å². The molecule has 7 nitrogen and oxygen atoms in total. The molecule has 0 radical (unpaired) electrons. The van der Waals surface area contributed by atoms with Crippen LogP contribution in [0.2, 0.25) is 0 Å². The van der Waals surface area contributed by atoms with Gasteiger partial charge in [-0.2, -0.15) is 10.4 Å². The number of para-hydroxylation sites is 2. The van der Waals surface area contributed by atoms with E-state index in [1.807, 2.05) is 36.4 Å². The van der Waals surface area contributed by atoms with E-state index < -0.39 is 5.92 Å². The first-order valence-electron chi connectivity index (χ1n) is 8.03. The summed E-state index contributed by atoms with van der Waals surface area (Å²) < 4.78 is 1.58. The largest absolute Gasteiger partial charge is 0.340 e. The minimum absolute atomic E-state index is 0.337. The van der Waals surface area contributed by atoms with E-state index in [-0.39, 0.29) is 5.78 Å². The number of nitrogens with zero attached hydrogens (tertiary/aromatic N) is 5. The van der Waals surface area contributed by atoms with Gasteiger partial charge in [0.05, 0.1) is 34.6 Å². The van der Waals surface area contributed by atoms with Gasteiger partial charge in [0.1, 0.15) is 5.82 Å². The first-order valence-corrected chi connectivity index (χ1v) is 8.03. The Bertz CT molecular complexity index is 1100. The molecule has 0 spiro atoms. The molecule has 7 heteroatoms. The van der Waals surface area contributed by atoms with E-state index in [1.165, 1.54) is 6.20 Å². The Morgan fingerprint density at radius 3 is 2.77 bits per heavy atom. The second-order valence-corrected chi connectivity index (χ2v) is 5.81. The Hall–Kier alpha value is -3.79. The number of pyridine rings is 1. The van der Waals surface area contributed by atoms with Crippen molar-refractivity contribution in [3.63, 3.8) is 0 Å². The summed E-state index contributed by atoms with van der Waals surface area (Å²) >= 11 is 0. The highest BCUT2D eigenvalue weighted by molar-refractivity contribution is 6.03. The average molecular weight is 342 g/mol. The lowest BCUT2D eigenvalue weighted by Crippen LogP contribution is -2.14. The maximum Gasteiger partial charge on any atom is 0.191 e. The van der Waals surface area contributed by atoms with E-state index in [2.05, 4.69) is 26.1 Å². The third kappa shape index (κ3) is 2.54. The van der Waals surface area contributed by atoms with Crippen LogP contribution in [0.1, 0.15) is 27.8 Å². The second kappa shape index (κ2) is 6.26. The van der Waals surface area contributed by atoms with Crippen LogP contribution >= 0.6 is 0 Å². The Kier molecular flexibility index (Phi) is 3.78. The number of rotatable bonds is 4. The molecule has 0 amide bonds. The monoisotopic (exact) mass is 342 g/mol. The van der Waals surface area contributed by atoms with Crippen molar-refractivity contribution in [2.24, 2.45) is 0 Å². The number of Topliss-reactive ketones (excluding diaryl/α,β-unsaturated/α-hetero) is 1. The van der Waals surface area contributed by atoms with Crippen molar-refractivity contribution in [2.75, 3.05) is 0 Å². The molecule has 0 bridgehead atoms.